The third-order valence-electron chi connectivity index (χ3n) is 4.28. The summed E-state index contributed by atoms with van der Waals surface area (Å²) >= 11 is 5.77. The van der Waals surface area contributed by atoms with Gasteiger partial charge in [-0.3, -0.25) is 14.4 Å². The molecule has 1 N–H and O–H groups in total. The number of ether oxygens (including phenoxy) is 1. The van der Waals surface area contributed by atoms with Crippen molar-refractivity contribution in [2.45, 2.75) is 33.8 Å². The summed E-state index contributed by atoms with van der Waals surface area (Å²) < 4.78 is 5.17. The van der Waals surface area contributed by atoms with Gasteiger partial charge in [0.2, 0.25) is 5.78 Å². The molecule has 1 amide bonds. The Morgan fingerprint density at radius 3 is 2.22 bits per heavy atom. The zero-order valence-corrected chi connectivity index (χ0v) is 16.5. The second kappa shape index (κ2) is 8.82. The fourth-order valence-corrected chi connectivity index (χ4v) is 2.72. The van der Waals surface area contributed by atoms with E-state index in [4.69, 9.17) is 16.3 Å². The second-order valence-corrected chi connectivity index (χ2v) is 6.87. The molecule has 0 fully saturated rings. The largest absolute Gasteiger partial charge is 0.453 e. The minimum atomic E-state index is -0.939. The molecule has 2 rings (SSSR count). The van der Waals surface area contributed by atoms with Crippen LogP contribution in [0.3, 0.4) is 0 Å². The fourth-order valence-electron chi connectivity index (χ4n) is 2.59. The molecule has 0 radical (unpaired) electrons. The van der Waals surface area contributed by atoms with Crippen molar-refractivity contribution in [3.8, 4) is 0 Å². The molecular formula is C21H22ClNO4. The van der Waals surface area contributed by atoms with Crippen LogP contribution in [0, 0.1) is 20.8 Å². The van der Waals surface area contributed by atoms with Crippen LogP contribution in [0.2, 0.25) is 5.02 Å². The lowest BCUT2D eigenvalue weighted by Gasteiger charge is -2.15. The third kappa shape index (κ3) is 5.41. The summed E-state index contributed by atoms with van der Waals surface area (Å²) in [5, 5.41) is 2.98. The van der Waals surface area contributed by atoms with Crippen LogP contribution in [0.15, 0.2) is 36.4 Å². The molecule has 142 valence electrons. The number of ketones is 1. The molecule has 0 heterocycles. The summed E-state index contributed by atoms with van der Waals surface area (Å²) in [6.45, 7) is 6.94. The number of hydrogen-bond donors (Lipinski definition) is 1. The zero-order chi connectivity index (χ0) is 20.1. The van der Waals surface area contributed by atoms with E-state index in [1.165, 1.54) is 6.92 Å². The fraction of sp³-hybridized carbons (Fsp3) is 0.286. The van der Waals surface area contributed by atoms with E-state index in [1.807, 2.05) is 26.8 Å². The van der Waals surface area contributed by atoms with E-state index in [0.717, 1.165) is 16.7 Å². The highest BCUT2D eigenvalue weighted by atomic mass is 35.5. The minimum absolute atomic E-state index is 0.270. The number of hydrogen-bond acceptors (Lipinski definition) is 4. The first kappa shape index (κ1) is 20.6. The van der Waals surface area contributed by atoms with Gasteiger partial charge < -0.3 is 10.1 Å². The molecule has 27 heavy (non-hydrogen) atoms. The number of Topliss-reactive ketones (excluding diaryl/α,β-unsaturated/α-hetero) is 1. The van der Waals surface area contributed by atoms with Crippen LogP contribution in [0.5, 0.6) is 0 Å². The molecule has 2 aromatic rings. The van der Waals surface area contributed by atoms with E-state index in [-0.39, 0.29) is 12.3 Å². The molecule has 0 saturated carbocycles. The maximum absolute atomic E-state index is 12.6. The first-order valence-corrected chi connectivity index (χ1v) is 8.92. The first-order valence-electron chi connectivity index (χ1n) is 8.54. The zero-order valence-electron chi connectivity index (χ0n) is 15.8. The lowest BCUT2D eigenvalue weighted by atomic mass is 9.96. The number of carbonyl (C=O) groups excluding carboxylic acids is 3. The lowest BCUT2D eigenvalue weighted by molar-refractivity contribution is -0.145. The number of nitrogens with one attached hydrogen (secondary N) is 1. The summed E-state index contributed by atoms with van der Waals surface area (Å²) in [6.07, 6.45) is -0.939. The van der Waals surface area contributed by atoms with Gasteiger partial charge >= 0.3 is 5.97 Å². The van der Waals surface area contributed by atoms with E-state index in [0.29, 0.717) is 16.1 Å². The average molecular weight is 388 g/mol. The van der Waals surface area contributed by atoms with Crippen LogP contribution in [-0.4, -0.2) is 30.3 Å². The van der Waals surface area contributed by atoms with Gasteiger partial charge in [-0.25, -0.2) is 0 Å². The van der Waals surface area contributed by atoms with Gasteiger partial charge in [0.15, 0.2) is 6.10 Å². The average Bonchev–Trinajstić information content (AvgIpc) is 2.62. The second-order valence-electron chi connectivity index (χ2n) is 6.44. The van der Waals surface area contributed by atoms with Crippen LogP contribution >= 0.6 is 11.6 Å². The van der Waals surface area contributed by atoms with E-state index >= 15 is 0 Å². The quantitative estimate of drug-likeness (QED) is 0.604. The Bertz CT molecular complexity index is 874. The lowest BCUT2D eigenvalue weighted by Crippen LogP contribution is -2.34. The molecule has 5 nitrogen and oxygen atoms in total. The molecule has 2 aromatic carbocycles. The number of carbonyl (C=O) groups is 3. The molecule has 0 bridgehead atoms. The number of halogens is 1. The molecule has 0 aliphatic heterocycles. The van der Waals surface area contributed by atoms with E-state index in [1.54, 1.807) is 30.3 Å². The van der Waals surface area contributed by atoms with Gasteiger partial charge in [0.1, 0.15) is 6.54 Å². The third-order valence-corrected chi connectivity index (χ3v) is 4.54. The van der Waals surface area contributed by atoms with Gasteiger partial charge in [0.25, 0.3) is 5.91 Å². The number of esters is 1. The molecule has 1 atom stereocenters. The van der Waals surface area contributed by atoms with Crippen molar-refractivity contribution in [2.75, 3.05) is 6.54 Å². The molecule has 0 aliphatic carbocycles. The smallest absolute Gasteiger partial charge is 0.326 e. The Morgan fingerprint density at radius 1 is 1.00 bits per heavy atom. The molecule has 6 heteroatoms. The Balaban J connectivity index is 1.93. The SMILES string of the molecule is Cc1cc(C)c(C(=O)[C@H](C)OC(=O)CNC(=O)c2ccc(Cl)cc2)cc1C. The van der Waals surface area contributed by atoms with Gasteiger partial charge in [-0.05, 0) is 74.7 Å². The number of aryl methyl sites for hydroxylation is 3. The maximum Gasteiger partial charge on any atom is 0.326 e. The highest BCUT2D eigenvalue weighted by molar-refractivity contribution is 6.30. The van der Waals surface area contributed by atoms with Crippen LogP contribution in [0.1, 0.15) is 44.3 Å². The first-order chi connectivity index (χ1) is 12.7. The molecule has 0 aliphatic rings. The van der Waals surface area contributed by atoms with Crippen molar-refractivity contribution >= 4 is 29.3 Å². The standard InChI is InChI=1S/C21H22ClNO4/c1-12-9-14(3)18(10-13(12)2)20(25)15(4)27-19(24)11-23-21(26)16-5-7-17(22)8-6-16/h5-10,15H,11H2,1-4H3,(H,23,26)/t15-/m0/s1. The Kier molecular flexibility index (Phi) is 6.75. The van der Waals surface area contributed by atoms with Gasteiger partial charge in [0, 0.05) is 16.1 Å². The van der Waals surface area contributed by atoms with Gasteiger partial charge in [0.05, 0.1) is 0 Å². The topological polar surface area (TPSA) is 72.5 Å². The summed E-state index contributed by atoms with van der Waals surface area (Å²) in [4.78, 5) is 36.5. The van der Waals surface area contributed by atoms with Gasteiger partial charge in [-0.1, -0.05) is 17.7 Å². The number of rotatable bonds is 6. The normalized spacial score (nSPS) is 11.6. The molecule has 0 aromatic heterocycles. The molecule has 0 saturated heterocycles. The Hall–Kier alpha value is -2.66. The van der Waals surface area contributed by atoms with Crippen molar-refractivity contribution in [3.05, 3.63) is 69.2 Å². The predicted octanol–water partition coefficient (Wildman–Crippen LogP) is 3.81. The summed E-state index contributed by atoms with van der Waals surface area (Å²) in [7, 11) is 0. The highest BCUT2D eigenvalue weighted by Crippen LogP contribution is 2.18. The van der Waals surface area contributed by atoms with Crippen LogP contribution in [0.25, 0.3) is 0 Å². The molecular weight excluding hydrogens is 366 g/mol. The maximum atomic E-state index is 12.6. The van der Waals surface area contributed by atoms with Crippen molar-refractivity contribution in [1.82, 2.24) is 5.32 Å². The van der Waals surface area contributed by atoms with Crippen LogP contribution < -0.4 is 5.32 Å². The predicted molar refractivity (Wildman–Crippen MR) is 104 cm³/mol. The number of amides is 1. The van der Waals surface area contributed by atoms with E-state index in [9.17, 15) is 14.4 Å². The van der Waals surface area contributed by atoms with E-state index < -0.39 is 18.0 Å². The Labute approximate surface area is 163 Å². The summed E-state index contributed by atoms with van der Waals surface area (Å²) in [5.74, 6) is -1.37. The van der Waals surface area contributed by atoms with Crippen LogP contribution in [0.4, 0.5) is 0 Å². The molecule has 0 spiro atoms. The van der Waals surface area contributed by atoms with Crippen molar-refractivity contribution in [2.24, 2.45) is 0 Å². The summed E-state index contributed by atoms with van der Waals surface area (Å²) in [5.41, 5.74) is 3.84. The van der Waals surface area contributed by atoms with Crippen molar-refractivity contribution in [1.29, 1.82) is 0 Å². The van der Waals surface area contributed by atoms with Crippen molar-refractivity contribution < 1.29 is 19.1 Å². The number of benzene rings is 2. The highest BCUT2D eigenvalue weighted by Gasteiger charge is 2.22. The van der Waals surface area contributed by atoms with Crippen LogP contribution in [-0.2, 0) is 9.53 Å². The molecule has 0 unspecified atom stereocenters. The van der Waals surface area contributed by atoms with Crippen molar-refractivity contribution in [3.63, 3.8) is 0 Å². The monoisotopic (exact) mass is 387 g/mol. The minimum Gasteiger partial charge on any atom is -0.453 e. The Morgan fingerprint density at radius 2 is 1.59 bits per heavy atom. The van der Waals surface area contributed by atoms with Gasteiger partial charge in [-0.2, -0.15) is 0 Å². The van der Waals surface area contributed by atoms with E-state index in [2.05, 4.69) is 5.32 Å². The summed E-state index contributed by atoms with van der Waals surface area (Å²) in [6, 6.07) is 10.0. The van der Waals surface area contributed by atoms with Gasteiger partial charge in [-0.15, -0.1) is 0 Å².